The Balaban J connectivity index is 1.53. The first-order valence-corrected chi connectivity index (χ1v) is 16.2. The first kappa shape index (κ1) is 32.1. The molecule has 0 spiro atoms. The van der Waals surface area contributed by atoms with Gasteiger partial charge in [-0.15, -0.1) is 0 Å². The highest BCUT2D eigenvalue weighted by Crippen LogP contribution is 2.52. The van der Waals surface area contributed by atoms with Crippen molar-refractivity contribution >= 4 is 24.1 Å². The van der Waals surface area contributed by atoms with Crippen LogP contribution >= 0.6 is 0 Å². The number of halogens is 5. The maximum absolute atomic E-state index is 16.2. The lowest BCUT2D eigenvalue weighted by molar-refractivity contribution is -0.858. The summed E-state index contributed by atoms with van der Waals surface area (Å²) in [7, 11) is 1.52. The molecule has 1 saturated carbocycles. The lowest BCUT2D eigenvalue weighted by Gasteiger charge is -2.47. The number of rotatable bonds is 8. The van der Waals surface area contributed by atoms with Crippen LogP contribution in [0.4, 0.5) is 22.0 Å². The fourth-order valence-electron chi connectivity index (χ4n) is 7.63. The van der Waals surface area contributed by atoms with Crippen LogP contribution in [0.1, 0.15) is 54.9 Å². The molecule has 0 aromatic heterocycles. The van der Waals surface area contributed by atoms with E-state index in [1.807, 2.05) is 60.7 Å². The van der Waals surface area contributed by atoms with Gasteiger partial charge in [-0.2, -0.15) is 0 Å². The van der Waals surface area contributed by atoms with E-state index >= 15 is 17.6 Å². The molecule has 0 N–H and O–H groups in total. The first-order chi connectivity index (χ1) is 23.3. The number of quaternary nitrogens is 1. The van der Waals surface area contributed by atoms with Crippen molar-refractivity contribution in [2.45, 2.75) is 44.2 Å². The van der Waals surface area contributed by atoms with Crippen molar-refractivity contribution in [1.82, 2.24) is 0 Å². The third-order valence-electron chi connectivity index (χ3n) is 9.93. The van der Waals surface area contributed by atoms with Gasteiger partial charge in [-0.25, -0.2) is 22.0 Å². The molecule has 1 aliphatic carbocycles. The van der Waals surface area contributed by atoms with Crippen LogP contribution < -0.4 is 10.2 Å². The van der Waals surface area contributed by atoms with E-state index in [1.165, 1.54) is 7.11 Å². The highest BCUT2D eigenvalue weighted by molar-refractivity contribution is 6.77. The number of fused-ring (bicyclic) bond motifs is 1. The summed E-state index contributed by atoms with van der Waals surface area (Å²) >= 11 is 0. The number of benzene rings is 4. The quantitative estimate of drug-likeness (QED) is 0.0829. The van der Waals surface area contributed by atoms with Crippen LogP contribution in [-0.2, 0) is 9.31 Å². The highest BCUT2D eigenvalue weighted by Gasteiger charge is 2.73. The maximum Gasteiger partial charge on any atom is 0.589 e. The van der Waals surface area contributed by atoms with Crippen molar-refractivity contribution < 1.29 is 40.5 Å². The van der Waals surface area contributed by atoms with Gasteiger partial charge in [-0.1, -0.05) is 91.1 Å². The molecule has 1 unspecified atom stereocenters. The minimum Gasteiger partial charge on any atom is -0.618 e. The molecule has 0 bridgehead atoms. The van der Waals surface area contributed by atoms with Crippen LogP contribution in [0.5, 0.6) is 5.75 Å². The zero-order valence-corrected chi connectivity index (χ0v) is 26.3. The van der Waals surface area contributed by atoms with Gasteiger partial charge in [0.1, 0.15) is 29.5 Å². The molecular formula is C37H34BF5N2O3. The van der Waals surface area contributed by atoms with Gasteiger partial charge in [0.15, 0.2) is 17.5 Å². The van der Waals surface area contributed by atoms with Gasteiger partial charge < -0.3 is 18.5 Å². The van der Waals surface area contributed by atoms with E-state index in [0.29, 0.717) is 16.9 Å². The Morgan fingerprint density at radius 3 is 2.02 bits per heavy atom. The number of hydrogen-bond donors (Lipinski definition) is 0. The fraction of sp³-hybridized carbons (Fsp3) is 0.270. The van der Waals surface area contributed by atoms with E-state index in [1.54, 1.807) is 36.4 Å². The van der Waals surface area contributed by atoms with Crippen LogP contribution in [0.25, 0.3) is 6.08 Å². The SMILES string of the molecule is COc1ccc(C2=N[N@+]3(CC4CCCCC4)[C@@H](/C=C/c4ccccc4)[C@@H](c4ccccc4)O[B-]3(c3c(F)c(F)c(F)c(F)c3F)O2)cc1. The lowest BCUT2D eigenvalue weighted by Crippen LogP contribution is -2.73. The van der Waals surface area contributed by atoms with Gasteiger partial charge in [-0.05, 0) is 54.3 Å². The van der Waals surface area contributed by atoms with Gasteiger partial charge >= 0.3 is 6.69 Å². The minimum atomic E-state index is -3.60. The number of hydrogen-bond acceptors (Lipinski definition) is 4. The average Bonchev–Trinajstić information content (AvgIpc) is 3.57. The van der Waals surface area contributed by atoms with Crippen molar-refractivity contribution in [3.8, 4) is 5.75 Å². The molecule has 5 nitrogen and oxygen atoms in total. The smallest absolute Gasteiger partial charge is 0.589 e. The number of nitrogens with zero attached hydrogens (tertiary/aromatic N) is 2. The Hall–Kier alpha value is -4.48. The molecule has 4 aromatic rings. The molecule has 1 saturated heterocycles. The summed E-state index contributed by atoms with van der Waals surface area (Å²) in [5, 5.41) is 5.15. The van der Waals surface area contributed by atoms with Crippen LogP contribution in [0, 0.1) is 35.0 Å². The molecule has 11 heteroatoms. The van der Waals surface area contributed by atoms with Gasteiger partial charge in [0, 0.05) is 16.9 Å². The normalized spacial score (nSPS) is 25.6. The van der Waals surface area contributed by atoms with E-state index in [9.17, 15) is 4.39 Å². The third-order valence-corrected chi connectivity index (χ3v) is 9.93. The molecule has 48 heavy (non-hydrogen) atoms. The molecular weight excluding hydrogens is 626 g/mol. The van der Waals surface area contributed by atoms with Gasteiger partial charge in [-0.3, -0.25) is 0 Å². The van der Waals surface area contributed by atoms with Gasteiger partial charge in [0.2, 0.25) is 5.90 Å². The molecule has 248 valence electrons. The lowest BCUT2D eigenvalue weighted by atomic mass is 9.59. The van der Waals surface area contributed by atoms with Crippen molar-refractivity contribution in [3.63, 3.8) is 0 Å². The Kier molecular flexibility index (Phi) is 8.59. The van der Waals surface area contributed by atoms with Crippen molar-refractivity contribution in [2.24, 2.45) is 11.0 Å². The third kappa shape index (κ3) is 5.29. The molecule has 3 aliphatic rings. The Morgan fingerprint density at radius 2 is 1.40 bits per heavy atom. The second-order valence-electron chi connectivity index (χ2n) is 12.7. The zero-order valence-electron chi connectivity index (χ0n) is 26.3. The summed E-state index contributed by atoms with van der Waals surface area (Å²) in [6.07, 6.45) is 7.36. The average molecular weight is 660 g/mol. The molecule has 7 rings (SSSR count). The van der Waals surface area contributed by atoms with Crippen LogP contribution in [0.3, 0.4) is 0 Å². The van der Waals surface area contributed by atoms with Crippen molar-refractivity contribution in [3.05, 3.63) is 137 Å². The molecule has 4 aromatic carbocycles. The zero-order chi connectivity index (χ0) is 33.5. The Labute approximate surface area is 275 Å². The predicted molar refractivity (Wildman–Crippen MR) is 173 cm³/mol. The van der Waals surface area contributed by atoms with E-state index in [0.717, 1.165) is 37.7 Å². The summed E-state index contributed by atoms with van der Waals surface area (Å²) in [6, 6.07) is 24.4. The summed E-state index contributed by atoms with van der Waals surface area (Å²) in [4.78, 5) is 0. The summed E-state index contributed by atoms with van der Waals surface area (Å²) in [6.45, 7) is -3.41. The topological polar surface area (TPSA) is 40.0 Å². The molecule has 2 fully saturated rings. The summed E-state index contributed by atoms with van der Waals surface area (Å²) in [5.41, 5.74) is 0.777. The van der Waals surface area contributed by atoms with Crippen LogP contribution in [-0.4, -0.2) is 36.8 Å². The Bertz CT molecular complexity index is 1830. The van der Waals surface area contributed by atoms with E-state index in [2.05, 4.69) is 0 Å². The maximum atomic E-state index is 16.2. The number of methoxy groups -OCH3 is 1. The first-order valence-electron chi connectivity index (χ1n) is 16.2. The van der Waals surface area contributed by atoms with Crippen molar-refractivity contribution in [2.75, 3.05) is 13.7 Å². The standard InChI is InChI=1S/C37H34BF5N2O3/c1-46-28-20-18-27(19-21-28)37-44-45(23-25-13-7-3-8-14-25)29(22-17-24-11-5-2-6-12-24)36(26-15-9-4-10-16-26)47-38(45,48-37)30-31(39)33(41)35(43)34(42)32(30)40/h2,4-6,9-12,15-22,25,29,36H,3,7-8,13-14,23H2,1H3/b22-17+/t29-,36+,38?,45+/m0/s1. The van der Waals surface area contributed by atoms with Crippen LogP contribution in [0.15, 0.2) is 96.1 Å². The monoisotopic (exact) mass is 660 g/mol. The molecule has 4 atom stereocenters. The second kappa shape index (κ2) is 12.9. The summed E-state index contributed by atoms with van der Waals surface area (Å²) < 4.78 is 95.4. The largest absolute Gasteiger partial charge is 0.618 e. The molecule has 2 heterocycles. The highest BCUT2D eigenvalue weighted by atomic mass is 19.2. The molecule has 0 amide bonds. The second-order valence-corrected chi connectivity index (χ2v) is 12.7. The Morgan fingerprint density at radius 1 is 0.792 bits per heavy atom. The van der Waals surface area contributed by atoms with Crippen molar-refractivity contribution in [1.29, 1.82) is 0 Å². The predicted octanol–water partition coefficient (Wildman–Crippen LogP) is 8.18. The summed E-state index contributed by atoms with van der Waals surface area (Å²) in [5.74, 6) is -9.85. The van der Waals surface area contributed by atoms with Crippen LogP contribution in [0.2, 0.25) is 0 Å². The number of ether oxygens (including phenoxy) is 1. The van der Waals surface area contributed by atoms with Gasteiger partial charge in [0.05, 0.1) is 13.7 Å². The van der Waals surface area contributed by atoms with E-state index in [-0.39, 0.29) is 18.4 Å². The fourth-order valence-corrected chi connectivity index (χ4v) is 7.63. The molecule has 2 aliphatic heterocycles. The minimum absolute atomic E-state index is 0.00887. The van der Waals surface area contributed by atoms with Gasteiger partial charge in [0.25, 0.3) is 0 Å². The van der Waals surface area contributed by atoms with E-state index in [4.69, 9.17) is 19.1 Å². The molecule has 0 radical (unpaired) electrons. The van der Waals surface area contributed by atoms with E-state index < -0.39 is 57.9 Å².